The SMILES string of the molecule is c1ccc(-c2ccc(N(c3ccc4c(c3)oc3ccccc34)c3cnc4c(c3)oc3ccc5ccccc5c34)cc2)cc1. The van der Waals surface area contributed by atoms with Crippen LogP contribution in [-0.2, 0) is 0 Å². The summed E-state index contributed by atoms with van der Waals surface area (Å²) in [7, 11) is 0. The first-order valence-corrected chi connectivity index (χ1v) is 14.4. The van der Waals surface area contributed by atoms with E-state index in [1.54, 1.807) is 0 Å². The molecular formula is C39H24N2O2. The fraction of sp³-hybridized carbons (Fsp3) is 0. The zero-order chi connectivity index (χ0) is 28.3. The molecule has 3 aromatic heterocycles. The van der Waals surface area contributed by atoms with E-state index in [0.717, 1.165) is 72.0 Å². The Balaban J connectivity index is 1.23. The highest BCUT2D eigenvalue weighted by molar-refractivity contribution is 6.17. The molecule has 9 aromatic rings. The number of anilines is 3. The second-order valence-electron chi connectivity index (χ2n) is 10.8. The first-order chi connectivity index (χ1) is 21.3. The van der Waals surface area contributed by atoms with Crippen molar-refractivity contribution in [2.45, 2.75) is 0 Å². The van der Waals surface area contributed by atoms with E-state index in [9.17, 15) is 0 Å². The smallest absolute Gasteiger partial charge is 0.155 e. The van der Waals surface area contributed by atoms with E-state index < -0.39 is 0 Å². The number of aromatic nitrogens is 1. The lowest BCUT2D eigenvalue weighted by molar-refractivity contribution is 0.668. The monoisotopic (exact) mass is 552 g/mol. The number of hydrogen-bond donors (Lipinski definition) is 0. The van der Waals surface area contributed by atoms with Crippen LogP contribution in [0.5, 0.6) is 0 Å². The summed E-state index contributed by atoms with van der Waals surface area (Å²) in [6.45, 7) is 0. The van der Waals surface area contributed by atoms with Crippen LogP contribution < -0.4 is 4.90 Å². The highest BCUT2D eigenvalue weighted by atomic mass is 16.3. The number of hydrogen-bond acceptors (Lipinski definition) is 4. The zero-order valence-electron chi connectivity index (χ0n) is 23.1. The second-order valence-corrected chi connectivity index (χ2v) is 10.8. The lowest BCUT2D eigenvalue weighted by Crippen LogP contribution is -2.10. The third-order valence-electron chi connectivity index (χ3n) is 8.30. The lowest BCUT2D eigenvalue weighted by atomic mass is 10.0. The minimum absolute atomic E-state index is 0.750. The summed E-state index contributed by atoms with van der Waals surface area (Å²) >= 11 is 0. The molecule has 0 amide bonds. The molecule has 0 fully saturated rings. The van der Waals surface area contributed by atoms with E-state index in [1.165, 1.54) is 10.9 Å². The van der Waals surface area contributed by atoms with Crippen LogP contribution in [0.25, 0.3) is 65.9 Å². The Morgan fingerprint density at radius 2 is 1.12 bits per heavy atom. The molecule has 0 aliphatic carbocycles. The maximum absolute atomic E-state index is 6.40. The van der Waals surface area contributed by atoms with Crippen molar-refractivity contribution in [3.63, 3.8) is 0 Å². The largest absolute Gasteiger partial charge is 0.456 e. The number of para-hydroxylation sites is 1. The van der Waals surface area contributed by atoms with Crippen molar-refractivity contribution < 1.29 is 8.83 Å². The molecule has 0 atom stereocenters. The first-order valence-electron chi connectivity index (χ1n) is 14.4. The quantitative estimate of drug-likeness (QED) is 0.218. The summed E-state index contributed by atoms with van der Waals surface area (Å²) in [4.78, 5) is 7.20. The molecule has 4 heteroatoms. The van der Waals surface area contributed by atoms with Gasteiger partial charge in [0.25, 0.3) is 0 Å². The van der Waals surface area contributed by atoms with Gasteiger partial charge in [-0.2, -0.15) is 0 Å². The van der Waals surface area contributed by atoms with E-state index in [2.05, 4.69) is 114 Å². The number of pyridine rings is 1. The summed E-state index contributed by atoms with van der Waals surface area (Å²) in [5, 5.41) is 5.56. The predicted octanol–water partition coefficient (Wildman–Crippen LogP) is 11.2. The maximum atomic E-state index is 6.40. The van der Waals surface area contributed by atoms with Gasteiger partial charge in [0.05, 0.1) is 17.3 Å². The Labute approximate surface area is 247 Å². The van der Waals surface area contributed by atoms with Crippen LogP contribution in [0.3, 0.4) is 0 Å². The van der Waals surface area contributed by atoms with Crippen LogP contribution in [-0.4, -0.2) is 4.98 Å². The average Bonchev–Trinajstić information content (AvgIpc) is 3.63. The molecule has 0 aliphatic rings. The van der Waals surface area contributed by atoms with Gasteiger partial charge in [0, 0.05) is 34.3 Å². The molecule has 43 heavy (non-hydrogen) atoms. The molecule has 0 bridgehead atoms. The van der Waals surface area contributed by atoms with E-state index in [0.29, 0.717) is 0 Å². The fourth-order valence-corrected chi connectivity index (χ4v) is 6.26. The van der Waals surface area contributed by atoms with Crippen LogP contribution in [0, 0.1) is 0 Å². The fourth-order valence-electron chi connectivity index (χ4n) is 6.26. The molecule has 3 heterocycles. The van der Waals surface area contributed by atoms with Crippen molar-refractivity contribution in [1.82, 2.24) is 4.98 Å². The van der Waals surface area contributed by atoms with Crippen LogP contribution in [0.15, 0.2) is 155 Å². The van der Waals surface area contributed by atoms with Gasteiger partial charge in [-0.1, -0.05) is 91.0 Å². The van der Waals surface area contributed by atoms with Gasteiger partial charge in [0.1, 0.15) is 22.3 Å². The number of fused-ring (bicyclic) bond motifs is 8. The van der Waals surface area contributed by atoms with Crippen molar-refractivity contribution in [2.24, 2.45) is 0 Å². The normalized spacial score (nSPS) is 11.7. The number of furan rings is 2. The van der Waals surface area contributed by atoms with Crippen molar-refractivity contribution in [1.29, 1.82) is 0 Å². The average molecular weight is 553 g/mol. The molecule has 0 N–H and O–H groups in total. The van der Waals surface area contributed by atoms with Crippen LogP contribution in [0.2, 0.25) is 0 Å². The van der Waals surface area contributed by atoms with Gasteiger partial charge in [-0.15, -0.1) is 0 Å². The number of nitrogens with zero attached hydrogens (tertiary/aromatic N) is 2. The standard InChI is InChI=1S/C39H24N2O2/c1-2-8-25(9-3-1)26-14-17-28(18-15-26)41(29-19-20-33-32-12-6-7-13-34(32)42-36(33)22-29)30-23-37-39(40-24-30)38-31-11-5-4-10-27(31)16-21-35(38)43-37/h1-24H. The van der Waals surface area contributed by atoms with Gasteiger partial charge >= 0.3 is 0 Å². The Kier molecular flexibility index (Phi) is 5.16. The lowest BCUT2D eigenvalue weighted by Gasteiger charge is -2.25. The molecule has 0 unspecified atom stereocenters. The van der Waals surface area contributed by atoms with Crippen LogP contribution in [0.4, 0.5) is 17.1 Å². The van der Waals surface area contributed by atoms with Crippen molar-refractivity contribution in [3.05, 3.63) is 146 Å². The summed E-state index contributed by atoms with van der Waals surface area (Å²) in [6.07, 6.45) is 1.94. The van der Waals surface area contributed by atoms with E-state index in [-0.39, 0.29) is 0 Å². The summed E-state index contributed by atoms with van der Waals surface area (Å²) in [5.74, 6) is 0. The molecule has 0 saturated carbocycles. The molecular weight excluding hydrogens is 528 g/mol. The summed E-state index contributed by atoms with van der Waals surface area (Å²) < 4.78 is 12.7. The summed E-state index contributed by atoms with van der Waals surface area (Å²) in [6, 6.07) is 48.2. The van der Waals surface area contributed by atoms with Gasteiger partial charge in [-0.05, 0) is 58.3 Å². The van der Waals surface area contributed by atoms with Gasteiger partial charge in [-0.3, -0.25) is 0 Å². The van der Waals surface area contributed by atoms with Crippen molar-refractivity contribution in [3.8, 4) is 11.1 Å². The zero-order valence-corrected chi connectivity index (χ0v) is 23.1. The molecule has 0 saturated heterocycles. The first kappa shape index (κ1) is 23.8. The predicted molar refractivity (Wildman–Crippen MR) is 176 cm³/mol. The topological polar surface area (TPSA) is 42.4 Å². The Morgan fingerprint density at radius 3 is 2.00 bits per heavy atom. The highest BCUT2D eigenvalue weighted by Gasteiger charge is 2.19. The van der Waals surface area contributed by atoms with Gasteiger partial charge in [0.2, 0.25) is 0 Å². The minimum atomic E-state index is 0.750. The summed E-state index contributed by atoms with van der Waals surface area (Å²) in [5.41, 5.74) is 9.40. The Bertz CT molecular complexity index is 2450. The van der Waals surface area contributed by atoms with Gasteiger partial charge in [-0.25, -0.2) is 4.98 Å². The van der Waals surface area contributed by atoms with Gasteiger partial charge in [0.15, 0.2) is 5.58 Å². The van der Waals surface area contributed by atoms with Crippen molar-refractivity contribution in [2.75, 3.05) is 4.90 Å². The van der Waals surface area contributed by atoms with Gasteiger partial charge < -0.3 is 13.7 Å². The van der Waals surface area contributed by atoms with Crippen LogP contribution in [0.1, 0.15) is 0 Å². The van der Waals surface area contributed by atoms with E-state index in [4.69, 9.17) is 13.8 Å². The Hall–Kier alpha value is -5.87. The third-order valence-corrected chi connectivity index (χ3v) is 8.30. The molecule has 0 spiro atoms. The van der Waals surface area contributed by atoms with E-state index >= 15 is 0 Å². The Morgan fingerprint density at radius 1 is 0.442 bits per heavy atom. The van der Waals surface area contributed by atoms with Crippen LogP contribution >= 0.6 is 0 Å². The minimum Gasteiger partial charge on any atom is -0.456 e. The van der Waals surface area contributed by atoms with Crippen molar-refractivity contribution >= 4 is 71.8 Å². The molecule has 0 aliphatic heterocycles. The number of rotatable bonds is 4. The molecule has 9 rings (SSSR count). The number of benzene rings is 6. The molecule has 6 aromatic carbocycles. The molecule has 202 valence electrons. The highest BCUT2D eigenvalue weighted by Crippen LogP contribution is 2.41. The second kappa shape index (κ2) is 9.33. The maximum Gasteiger partial charge on any atom is 0.155 e. The molecule has 4 nitrogen and oxygen atoms in total. The molecule has 0 radical (unpaired) electrons. The third kappa shape index (κ3) is 3.81. The van der Waals surface area contributed by atoms with E-state index in [1.807, 2.05) is 36.5 Å².